The van der Waals surface area contributed by atoms with E-state index in [1.54, 1.807) is 0 Å². The number of hydrogen-bond donors (Lipinski definition) is 1. The van der Waals surface area contributed by atoms with Crippen LogP contribution in [0.25, 0.3) is 11.0 Å². The molecule has 0 saturated carbocycles. The normalized spacial score (nSPS) is 13.0. The predicted molar refractivity (Wildman–Crippen MR) is 86.2 cm³/mol. The van der Waals surface area contributed by atoms with Crippen LogP contribution in [0.2, 0.25) is 0 Å². The van der Waals surface area contributed by atoms with Gasteiger partial charge in [-0.25, -0.2) is 4.98 Å². The van der Waals surface area contributed by atoms with E-state index in [4.69, 9.17) is 0 Å². The molecule has 1 atom stereocenters. The second kappa shape index (κ2) is 6.89. The molecule has 1 aromatic carbocycles. The molecule has 0 spiro atoms. The van der Waals surface area contributed by atoms with Crippen LogP contribution < -0.4 is 5.32 Å². The Labute approximate surface area is 122 Å². The first-order valence-electron chi connectivity index (χ1n) is 7.81. The number of rotatable bonds is 7. The molecule has 2 rings (SSSR count). The molecule has 0 radical (unpaired) electrons. The van der Waals surface area contributed by atoms with Crippen LogP contribution in [0.1, 0.15) is 44.2 Å². The van der Waals surface area contributed by atoms with Gasteiger partial charge >= 0.3 is 0 Å². The van der Waals surface area contributed by atoms with E-state index in [1.807, 2.05) is 6.33 Å². The Morgan fingerprint density at radius 1 is 1.20 bits per heavy atom. The van der Waals surface area contributed by atoms with Crippen LogP contribution >= 0.6 is 0 Å². The first-order chi connectivity index (χ1) is 9.65. The second-order valence-corrected chi connectivity index (χ2v) is 5.67. The van der Waals surface area contributed by atoms with Crippen molar-refractivity contribution in [3.8, 4) is 0 Å². The van der Waals surface area contributed by atoms with Crippen LogP contribution in [-0.4, -0.2) is 22.1 Å². The van der Waals surface area contributed by atoms with Crippen LogP contribution in [0.15, 0.2) is 18.5 Å². The number of nitrogens with one attached hydrogen (secondary N) is 1. The molecule has 0 bridgehead atoms. The van der Waals surface area contributed by atoms with Crippen LogP contribution in [0.3, 0.4) is 0 Å². The maximum Gasteiger partial charge on any atom is 0.0958 e. The highest BCUT2D eigenvalue weighted by Crippen LogP contribution is 2.19. The molecule has 0 fully saturated rings. The number of fused-ring (bicyclic) bond motifs is 1. The van der Waals surface area contributed by atoms with E-state index in [0.29, 0.717) is 6.04 Å². The van der Waals surface area contributed by atoms with Crippen LogP contribution in [-0.2, 0) is 6.54 Å². The molecule has 20 heavy (non-hydrogen) atoms. The summed E-state index contributed by atoms with van der Waals surface area (Å²) in [5.74, 6) is 0. The van der Waals surface area contributed by atoms with Crippen molar-refractivity contribution in [3.05, 3.63) is 29.6 Å². The largest absolute Gasteiger partial charge is 0.331 e. The average molecular weight is 273 g/mol. The molecule has 3 nitrogen and oxygen atoms in total. The zero-order chi connectivity index (χ0) is 14.5. The summed E-state index contributed by atoms with van der Waals surface area (Å²) >= 11 is 0. The maximum atomic E-state index is 4.52. The number of nitrogens with zero attached hydrogens (tertiary/aromatic N) is 2. The molecule has 0 aliphatic rings. The highest BCUT2D eigenvalue weighted by molar-refractivity contribution is 5.77. The van der Waals surface area contributed by atoms with Crippen LogP contribution in [0.4, 0.5) is 0 Å². The van der Waals surface area contributed by atoms with E-state index in [0.717, 1.165) is 18.6 Å². The summed E-state index contributed by atoms with van der Waals surface area (Å²) in [5.41, 5.74) is 5.05. The summed E-state index contributed by atoms with van der Waals surface area (Å²) in [6.07, 6.45) is 5.62. The molecule has 0 saturated heterocycles. The molecule has 0 amide bonds. The lowest BCUT2D eigenvalue weighted by molar-refractivity contribution is 0.451. The molecule has 2 aromatic rings. The van der Waals surface area contributed by atoms with Crippen LogP contribution in [0.5, 0.6) is 0 Å². The summed E-state index contributed by atoms with van der Waals surface area (Å²) < 4.78 is 2.29. The highest BCUT2D eigenvalue weighted by Gasteiger charge is 2.07. The van der Waals surface area contributed by atoms with Gasteiger partial charge in [-0.3, -0.25) is 0 Å². The summed E-state index contributed by atoms with van der Waals surface area (Å²) in [6.45, 7) is 10.9. The van der Waals surface area contributed by atoms with Crippen molar-refractivity contribution >= 4 is 11.0 Å². The zero-order valence-electron chi connectivity index (χ0n) is 13.2. The number of hydrogen-bond acceptors (Lipinski definition) is 2. The Bertz CT molecular complexity index is 557. The van der Waals surface area contributed by atoms with Gasteiger partial charge < -0.3 is 9.88 Å². The molecule has 110 valence electrons. The summed E-state index contributed by atoms with van der Waals surface area (Å²) in [4.78, 5) is 4.52. The molecule has 0 aliphatic carbocycles. The van der Waals surface area contributed by atoms with Crippen molar-refractivity contribution in [1.29, 1.82) is 0 Å². The van der Waals surface area contributed by atoms with Crippen molar-refractivity contribution in [2.24, 2.45) is 0 Å². The number of benzene rings is 1. The van der Waals surface area contributed by atoms with Gasteiger partial charge in [-0.05, 0) is 62.9 Å². The molecular formula is C17H27N3. The first-order valence-corrected chi connectivity index (χ1v) is 7.81. The van der Waals surface area contributed by atoms with Crippen molar-refractivity contribution in [3.63, 3.8) is 0 Å². The monoisotopic (exact) mass is 273 g/mol. The fraction of sp³-hybridized carbons (Fsp3) is 0.588. The fourth-order valence-electron chi connectivity index (χ4n) is 2.74. The lowest BCUT2D eigenvalue weighted by atomic mass is 10.1. The smallest absolute Gasteiger partial charge is 0.0958 e. The van der Waals surface area contributed by atoms with Crippen molar-refractivity contribution in [1.82, 2.24) is 14.9 Å². The van der Waals surface area contributed by atoms with E-state index >= 15 is 0 Å². The van der Waals surface area contributed by atoms with Gasteiger partial charge in [0.2, 0.25) is 0 Å². The van der Waals surface area contributed by atoms with E-state index in [-0.39, 0.29) is 0 Å². The Morgan fingerprint density at radius 3 is 2.65 bits per heavy atom. The lowest BCUT2D eigenvalue weighted by Crippen LogP contribution is -2.28. The van der Waals surface area contributed by atoms with E-state index in [9.17, 15) is 0 Å². The molecule has 1 unspecified atom stereocenters. The summed E-state index contributed by atoms with van der Waals surface area (Å²) in [6, 6.07) is 5.10. The quantitative estimate of drug-likeness (QED) is 0.831. The van der Waals surface area contributed by atoms with Gasteiger partial charge in [0.05, 0.1) is 17.4 Å². The average Bonchev–Trinajstić information content (AvgIpc) is 2.81. The van der Waals surface area contributed by atoms with Crippen molar-refractivity contribution in [2.75, 3.05) is 6.54 Å². The van der Waals surface area contributed by atoms with Gasteiger partial charge in [-0.15, -0.1) is 0 Å². The molecular weight excluding hydrogens is 246 g/mol. The minimum absolute atomic E-state index is 0.652. The zero-order valence-corrected chi connectivity index (χ0v) is 13.2. The summed E-state index contributed by atoms with van der Waals surface area (Å²) in [5, 5.41) is 3.54. The van der Waals surface area contributed by atoms with Crippen molar-refractivity contribution < 1.29 is 0 Å². The number of aromatic nitrogens is 2. The van der Waals surface area contributed by atoms with Crippen molar-refractivity contribution in [2.45, 2.75) is 59.5 Å². The topological polar surface area (TPSA) is 29.9 Å². The molecule has 1 aromatic heterocycles. The van der Waals surface area contributed by atoms with Gasteiger partial charge in [0, 0.05) is 12.6 Å². The molecule has 1 heterocycles. The number of imidazole rings is 1. The lowest BCUT2D eigenvalue weighted by Gasteiger charge is -2.15. The van der Waals surface area contributed by atoms with Gasteiger partial charge in [-0.1, -0.05) is 13.8 Å². The van der Waals surface area contributed by atoms with E-state index in [2.05, 4.69) is 54.7 Å². The Kier molecular flexibility index (Phi) is 5.18. The third-order valence-electron chi connectivity index (χ3n) is 4.17. The Balaban J connectivity index is 2.01. The standard InChI is InChI=1S/C17H27N3/c1-5-15(18-6-2)8-7-9-20-12-19-16-10-13(3)14(4)11-17(16)20/h10-12,15,18H,5-9H2,1-4H3. The van der Waals surface area contributed by atoms with Gasteiger partial charge in [0.15, 0.2) is 0 Å². The summed E-state index contributed by atoms with van der Waals surface area (Å²) in [7, 11) is 0. The maximum absolute atomic E-state index is 4.52. The first kappa shape index (κ1) is 15.0. The minimum atomic E-state index is 0.652. The Hall–Kier alpha value is -1.35. The highest BCUT2D eigenvalue weighted by atomic mass is 15.0. The SMILES string of the molecule is CCNC(CC)CCCn1cnc2cc(C)c(C)cc21. The third kappa shape index (κ3) is 3.40. The Morgan fingerprint density at radius 2 is 1.95 bits per heavy atom. The third-order valence-corrected chi connectivity index (χ3v) is 4.17. The van der Waals surface area contributed by atoms with Gasteiger partial charge in [0.25, 0.3) is 0 Å². The fourth-order valence-corrected chi connectivity index (χ4v) is 2.74. The predicted octanol–water partition coefficient (Wildman–Crippen LogP) is 3.82. The minimum Gasteiger partial charge on any atom is -0.331 e. The van der Waals surface area contributed by atoms with E-state index < -0.39 is 0 Å². The molecule has 3 heteroatoms. The van der Waals surface area contributed by atoms with Gasteiger partial charge in [0.1, 0.15) is 0 Å². The number of aryl methyl sites for hydroxylation is 3. The van der Waals surface area contributed by atoms with E-state index in [1.165, 1.54) is 35.9 Å². The molecule has 1 N–H and O–H groups in total. The second-order valence-electron chi connectivity index (χ2n) is 5.67. The molecule has 0 aliphatic heterocycles. The van der Waals surface area contributed by atoms with Gasteiger partial charge in [-0.2, -0.15) is 0 Å². The van der Waals surface area contributed by atoms with Crippen LogP contribution in [0, 0.1) is 13.8 Å².